The molecule has 2 aromatic rings. The molecule has 3 aliphatic heterocycles. The minimum Gasteiger partial charge on any atom is -0.361 e. The van der Waals surface area contributed by atoms with E-state index < -0.39 is 11.5 Å². The minimum absolute atomic E-state index is 0.0771. The molecule has 0 bridgehead atoms. The molecule has 0 saturated carbocycles. The molecular formula is C22H26N4O3. The summed E-state index contributed by atoms with van der Waals surface area (Å²) < 4.78 is 5.33. The highest BCUT2D eigenvalue weighted by molar-refractivity contribution is 6.09. The molecule has 2 N–H and O–H groups in total. The number of fused-ring (bicyclic) bond motifs is 4. The number of aromatic nitrogens is 1. The number of nitrogens with one attached hydrogen (secondary N) is 2. The van der Waals surface area contributed by atoms with Gasteiger partial charge < -0.3 is 15.2 Å². The van der Waals surface area contributed by atoms with Gasteiger partial charge in [-0.2, -0.15) is 0 Å². The Bertz CT molecular complexity index is 968. The molecule has 152 valence electrons. The zero-order valence-corrected chi connectivity index (χ0v) is 16.8. The van der Waals surface area contributed by atoms with Crippen LogP contribution >= 0.6 is 0 Å². The summed E-state index contributed by atoms with van der Waals surface area (Å²) in [5.74, 6) is 0.451. The normalized spacial score (nSPS) is 28.0. The lowest BCUT2D eigenvalue weighted by atomic mass is 9.78. The number of hydrogen-bond donors (Lipinski definition) is 2. The third-order valence-electron chi connectivity index (χ3n) is 6.68. The van der Waals surface area contributed by atoms with E-state index in [0.717, 1.165) is 36.4 Å². The molecule has 0 aliphatic carbocycles. The molecule has 7 nitrogen and oxygen atoms in total. The monoisotopic (exact) mass is 394 g/mol. The van der Waals surface area contributed by atoms with Gasteiger partial charge in [-0.15, -0.1) is 0 Å². The van der Waals surface area contributed by atoms with E-state index in [2.05, 4.69) is 20.7 Å². The van der Waals surface area contributed by atoms with E-state index in [1.54, 1.807) is 0 Å². The lowest BCUT2D eigenvalue weighted by Crippen LogP contribution is -2.54. The fraction of sp³-hybridized carbons (Fsp3) is 0.500. The van der Waals surface area contributed by atoms with Crippen LogP contribution in [0.25, 0.3) is 0 Å². The first kappa shape index (κ1) is 18.4. The molecule has 0 unspecified atom stereocenters. The zero-order valence-electron chi connectivity index (χ0n) is 16.8. The first-order valence-corrected chi connectivity index (χ1v) is 10.4. The average Bonchev–Trinajstić information content (AvgIpc) is 3.45. The van der Waals surface area contributed by atoms with Crippen LogP contribution in [0.1, 0.15) is 56.0 Å². The molecule has 2 amide bonds. The van der Waals surface area contributed by atoms with Gasteiger partial charge in [-0.1, -0.05) is 37.2 Å². The summed E-state index contributed by atoms with van der Waals surface area (Å²) >= 11 is 0. The van der Waals surface area contributed by atoms with Gasteiger partial charge in [0, 0.05) is 29.3 Å². The van der Waals surface area contributed by atoms with Crippen molar-refractivity contribution in [1.29, 1.82) is 0 Å². The first-order chi connectivity index (χ1) is 14.0. The van der Waals surface area contributed by atoms with Crippen LogP contribution in [-0.2, 0) is 21.7 Å². The van der Waals surface area contributed by atoms with Gasteiger partial charge in [-0.05, 0) is 31.9 Å². The Morgan fingerprint density at radius 1 is 1.41 bits per heavy atom. The van der Waals surface area contributed by atoms with Crippen molar-refractivity contribution in [2.45, 2.75) is 57.2 Å². The van der Waals surface area contributed by atoms with Crippen molar-refractivity contribution >= 4 is 17.5 Å². The number of carbonyl (C=O) groups is 2. The smallest absolute Gasteiger partial charge is 0.250 e. The third-order valence-corrected chi connectivity index (χ3v) is 6.68. The largest absolute Gasteiger partial charge is 0.361 e. The summed E-state index contributed by atoms with van der Waals surface area (Å²) in [6.07, 6.45) is 2.79. The number of amides is 2. The van der Waals surface area contributed by atoms with Gasteiger partial charge in [0.25, 0.3) is 0 Å². The first-order valence-electron chi connectivity index (χ1n) is 10.4. The maximum absolute atomic E-state index is 13.3. The summed E-state index contributed by atoms with van der Waals surface area (Å²) in [5, 5.41) is 10.1. The molecule has 3 atom stereocenters. The van der Waals surface area contributed by atoms with E-state index in [1.165, 1.54) is 0 Å². The molecule has 4 heterocycles. The minimum atomic E-state index is -0.908. The van der Waals surface area contributed by atoms with Gasteiger partial charge in [0.2, 0.25) is 11.8 Å². The highest BCUT2D eigenvalue weighted by Crippen LogP contribution is 2.55. The van der Waals surface area contributed by atoms with Crippen LogP contribution in [0.4, 0.5) is 5.69 Å². The van der Waals surface area contributed by atoms with E-state index >= 15 is 0 Å². The number of rotatable bonds is 4. The zero-order chi connectivity index (χ0) is 20.2. The van der Waals surface area contributed by atoms with Gasteiger partial charge in [-0.3, -0.25) is 14.5 Å². The fourth-order valence-corrected chi connectivity index (χ4v) is 5.36. The Hall–Kier alpha value is -2.67. The number of nitrogens with zero attached hydrogens (tertiary/aromatic N) is 2. The number of carbonyl (C=O) groups excluding carboxylic acids is 2. The van der Waals surface area contributed by atoms with E-state index in [1.807, 2.05) is 44.2 Å². The van der Waals surface area contributed by atoms with E-state index in [9.17, 15) is 9.59 Å². The predicted molar refractivity (Wildman–Crippen MR) is 107 cm³/mol. The number of anilines is 1. The molecule has 1 aromatic carbocycles. The molecule has 2 saturated heterocycles. The summed E-state index contributed by atoms with van der Waals surface area (Å²) in [6, 6.07) is 9.92. The standard InChI is InChI=1S/C22H26N4O3/c1-13(2)19-10-14(25-29-19)12-23-20(27)17-11-15-6-5-9-26(15)22(17)16-7-3-4-8-18(16)24-21(22)28/h3-4,7-8,10,13,15,17H,5-6,9,11-12H2,1-2H3,(H,23,27)(H,24,28)/t15-,17-,22+/m1/s1. The number of hydrogen-bond acceptors (Lipinski definition) is 5. The fourth-order valence-electron chi connectivity index (χ4n) is 5.36. The van der Waals surface area contributed by atoms with Crippen LogP contribution in [0.5, 0.6) is 0 Å². The topological polar surface area (TPSA) is 87.5 Å². The van der Waals surface area contributed by atoms with E-state index in [0.29, 0.717) is 18.7 Å². The Labute approximate surface area is 169 Å². The Balaban J connectivity index is 1.44. The van der Waals surface area contributed by atoms with Crippen LogP contribution in [-0.4, -0.2) is 34.5 Å². The van der Waals surface area contributed by atoms with E-state index in [4.69, 9.17) is 4.52 Å². The maximum atomic E-state index is 13.3. The van der Waals surface area contributed by atoms with Gasteiger partial charge in [0.1, 0.15) is 17.0 Å². The van der Waals surface area contributed by atoms with Crippen LogP contribution in [0.3, 0.4) is 0 Å². The molecule has 1 spiro atoms. The van der Waals surface area contributed by atoms with Crippen LogP contribution in [0.2, 0.25) is 0 Å². The van der Waals surface area contributed by atoms with Crippen molar-refractivity contribution < 1.29 is 14.1 Å². The highest BCUT2D eigenvalue weighted by atomic mass is 16.5. The molecular weight excluding hydrogens is 368 g/mol. The number of benzene rings is 1. The summed E-state index contributed by atoms with van der Waals surface area (Å²) in [5.41, 5.74) is 1.54. The van der Waals surface area contributed by atoms with Crippen molar-refractivity contribution in [3.8, 4) is 0 Å². The lowest BCUT2D eigenvalue weighted by Gasteiger charge is -2.36. The average molecular weight is 394 g/mol. The molecule has 0 radical (unpaired) electrons. The van der Waals surface area contributed by atoms with Gasteiger partial charge in [0.15, 0.2) is 0 Å². The van der Waals surface area contributed by atoms with Crippen LogP contribution in [0.15, 0.2) is 34.9 Å². The van der Waals surface area contributed by atoms with E-state index in [-0.39, 0.29) is 23.8 Å². The van der Waals surface area contributed by atoms with Gasteiger partial charge in [0.05, 0.1) is 12.5 Å². The van der Waals surface area contributed by atoms with Crippen molar-refractivity contribution in [3.63, 3.8) is 0 Å². The van der Waals surface area contributed by atoms with Crippen molar-refractivity contribution in [2.24, 2.45) is 5.92 Å². The summed E-state index contributed by atoms with van der Waals surface area (Å²) in [7, 11) is 0. The van der Waals surface area contributed by atoms with Gasteiger partial charge in [-0.25, -0.2) is 0 Å². The second-order valence-electron chi connectivity index (χ2n) is 8.64. The molecule has 29 heavy (non-hydrogen) atoms. The Kier molecular flexibility index (Phi) is 4.24. The van der Waals surface area contributed by atoms with Crippen molar-refractivity contribution in [1.82, 2.24) is 15.4 Å². The molecule has 7 heteroatoms. The van der Waals surface area contributed by atoms with Crippen LogP contribution < -0.4 is 10.6 Å². The van der Waals surface area contributed by atoms with Crippen LogP contribution in [0, 0.1) is 5.92 Å². The number of para-hydroxylation sites is 1. The SMILES string of the molecule is CC(C)c1cc(CNC(=O)[C@H]2C[C@H]3CCCN3[C@]23C(=O)Nc2ccccc23)no1. The molecule has 2 fully saturated rings. The quantitative estimate of drug-likeness (QED) is 0.833. The lowest BCUT2D eigenvalue weighted by molar-refractivity contribution is -0.137. The van der Waals surface area contributed by atoms with Gasteiger partial charge >= 0.3 is 0 Å². The Morgan fingerprint density at radius 2 is 2.24 bits per heavy atom. The highest BCUT2D eigenvalue weighted by Gasteiger charge is 2.65. The second-order valence-corrected chi connectivity index (χ2v) is 8.64. The summed E-state index contributed by atoms with van der Waals surface area (Å²) in [6.45, 7) is 5.22. The third kappa shape index (κ3) is 2.64. The van der Waals surface area contributed by atoms with Crippen molar-refractivity contribution in [3.05, 3.63) is 47.3 Å². The predicted octanol–water partition coefficient (Wildman–Crippen LogP) is 2.75. The van der Waals surface area contributed by atoms with Crippen molar-refractivity contribution in [2.75, 3.05) is 11.9 Å². The summed E-state index contributed by atoms with van der Waals surface area (Å²) in [4.78, 5) is 28.9. The molecule has 5 rings (SSSR count). The molecule has 3 aliphatic rings. The maximum Gasteiger partial charge on any atom is 0.250 e. The molecule has 1 aromatic heterocycles. The Morgan fingerprint density at radius 3 is 3.03 bits per heavy atom. The second kappa shape index (κ2) is 6.69.